The number of carbonyl (C=O) groups excluding carboxylic acids is 1. The van der Waals surface area contributed by atoms with Crippen LogP contribution in [0.3, 0.4) is 0 Å². The molecule has 0 aliphatic carbocycles. The first-order valence-corrected chi connectivity index (χ1v) is 10.5. The van der Waals surface area contributed by atoms with Crippen molar-refractivity contribution in [1.29, 1.82) is 0 Å². The topological polar surface area (TPSA) is 69.0 Å². The van der Waals surface area contributed by atoms with Gasteiger partial charge in [0.05, 0.1) is 22.3 Å². The van der Waals surface area contributed by atoms with Gasteiger partial charge in [0, 0.05) is 11.8 Å². The van der Waals surface area contributed by atoms with E-state index in [4.69, 9.17) is 11.6 Å². The van der Waals surface area contributed by atoms with Gasteiger partial charge in [-0.25, -0.2) is 8.78 Å². The summed E-state index contributed by atoms with van der Waals surface area (Å²) in [5, 5.41) is 4.36. The molecule has 3 aromatic carbocycles. The van der Waals surface area contributed by atoms with Crippen LogP contribution in [0.5, 0.6) is 0 Å². The Hall–Kier alpha value is -3.10. The Bertz CT molecular complexity index is 1380. The van der Waals surface area contributed by atoms with Crippen LogP contribution in [0.25, 0.3) is 10.9 Å². The van der Waals surface area contributed by atoms with Crippen molar-refractivity contribution in [1.82, 2.24) is 9.19 Å². The second kappa shape index (κ2) is 7.62. The molecule has 0 saturated carbocycles. The number of nitrogens with zero attached hydrogens (tertiary/aromatic N) is 2. The molecule has 0 aliphatic rings. The quantitative estimate of drug-likeness (QED) is 0.419. The number of fused-ring (bicyclic) bond motifs is 1. The van der Waals surface area contributed by atoms with Crippen LogP contribution >= 0.6 is 11.6 Å². The first kappa shape index (κ1) is 20.2. The molecule has 0 amide bonds. The van der Waals surface area contributed by atoms with Gasteiger partial charge in [0.1, 0.15) is 16.5 Å². The molecule has 9 heteroatoms. The third-order valence-corrected chi connectivity index (χ3v) is 6.50. The smallest absolute Gasteiger partial charge is 0.286 e. The summed E-state index contributed by atoms with van der Waals surface area (Å²) in [4.78, 5) is 12.0. The monoisotopic (exact) mass is 446 g/mol. The molecule has 4 aromatic rings. The van der Waals surface area contributed by atoms with Crippen LogP contribution in [-0.4, -0.2) is 23.4 Å². The van der Waals surface area contributed by atoms with E-state index in [0.717, 1.165) is 18.2 Å². The Labute approximate surface area is 175 Å². The highest BCUT2D eigenvalue weighted by atomic mass is 35.5. The Morgan fingerprint density at radius 1 is 1.00 bits per heavy atom. The molecular weight excluding hydrogens is 434 g/mol. The van der Waals surface area contributed by atoms with E-state index in [1.165, 1.54) is 36.5 Å². The molecule has 152 valence electrons. The van der Waals surface area contributed by atoms with Crippen LogP contribution in [0.4, 0.5) is 8.78 Å². The van der Waals surface area contributed by atoms with Crippen LogP contribution in [0.2, 0.25) is 5.02 Å². The van der Waals surface area contributed by atoms with Crippen LogP contribution in [0.1, 0.15) is 15.9 Å². The second-order valence-electron chi connectivity index (χ2n) is 6.51. The van der Waals surface area contributed by atoms with Crippen LogP contribution in [-0.2, 0) is 16.4 Å². The summed E-state index contributed by atoms with van der Waals surface area (Å²) in [6.07, 6.45) is 1.12. The summed E-state index contributed by atoms with van der Waals surface area (Å²) < 4.78 is 54.6. The lowest BCUT2D eigenvalue weighted by Gasteiger charge is -2.08. The van der Waals surface area contributed by atoms with E-state index in [-0.39, 0.29) is 22.5 Å². The first-order chi connectivity index (χ1) is 14.3. The molecule has 5 nitrogen and oxygen atoms in total. The van der Waals surface area contributed by atoms with Crippen LogP contribution < -0.4 is 0 Å². The van der Waals surface area contributed by atoms with Gasteiger partial charge >= 0.3 is 0 Å². The minimum atomic E-state index is -4.30. The second-order valence-corrected chi connectivity index (χ2v) is 8.66. The third-order valence-electron chi connectivity index (χ3n) is 4.55. The SMILES string of the molecule is O=C(Cc1ccc2cnn(S(=O)(=O)c3ccccc3F)c2c1)c1c(F)cccc1Cl. The Kier molecular flexibility index (Phi) is 5.13. The average Bonchev–Trinajstić information content (AvgIpc) is 3.12. The summed E-state index contributed by atoms with van der Waals surface area (Å²) in [5.74, 6) is -2.19. The number of aromatic nitrogens is 2. The van der Waals surface area contributed by atoms with E-state index in [1.807, 2.05) is 0 Å². The van der Waals surface area contributed by atoms with E-state index in [9.17, 15) is 22.0 Å². The molecular formula is C21H13ClF2N2O3S. The standard InChI is InChI=1S/C21H13ClF2N2O3S/c22-15-4-3-6-17(24)21(15)19(27)11-13-8-9-14-12-25-26(18(14)10-13)30(28,29)20-7-2-1-5-16(20)23/h1-10,12H,11H2. The molecule has 30 heavy (non-hydrogen) atoms. The van der Waals surface area contributed by atoms with Crippen molar-refractivity contribution in [2.24, 2.45) is 0 Å². The Morgan fingerprint density at radius 2 is 1.73 bits per heavy atom. The minimum absolute atomic E-state index is 0.00625. The summed E-state index contributed by atoms with van der Waals surface area (Å²) >= 11 is 5.95. The van der Waals surface area contributed by atoms with E-state index in [1.54, 1.807) is 12.1 Å². The highest BCUT2D eigenvalue weighted by molar-refractivity contribution is 7.90. The molecule has 4 rings (SSSR count). The molecule has 0 N–H and O–H groups in total. The molecule has 0 fully saturated rings. The van der Waals surface area contributed by atoms with Gasteiger partial charge < -0.3 is 0 Å². The number of benzene rings is 3. The van der Waals surface area contributed by atoms with Gasteiger partial charge in [0.25, 0.3) is 10.0 Å². The lowest BCUT2D eigenvalue weighted by molar-refractivity contribution is 0.0989. The van der Waals surface area contributed by atoms with Crippen molar-refractivity contribution in [2.45, 2.75) is 11.3 Å². The van der Waals surface area contributed by atoms with E-state index < -0.39 is 32.3 Å². The highest BCUT2D eigenvalue weighted by Crippen LogP contribution is 2.25. The zero-order valence-electron chi connectivity index (χ0n) is 15.2. The maximum absolute atomic E-state index is 14.1. The zero-order chi connectivity index (χ0) is 21.5. The largest absolute Gasteiger partial charge is 0.294 e. The first-order valence-electron chi connectivity index (χ1n) is 8.73. The van der Waals surface area contributed by atoms with Crippen LogP contribution in [0.15, 0.2) is 71.8 Å². The maximum Gasteiger partial charge on any atom is 0.286 e. The minimum Gasteiger partial charge on any atom is -0.294 e. The number of Topliss-reactive ketones (excluding diaryl/α,β-unsaturated/α-hetero) is 1. The van der Waals surface area contributed by atoms with E-state index in [0.29, 0.717) is 15.0 Å². The van der Waals surface area contributed by atoms with E-state index >= 15 is 0 Å². The number of hydrogen-bond acceptors (Lipinski definition) is 4. The fraction of sp³-hybridized carbons (Fsp3) is 0.0476. The third kappa shape index (κ3) is 3.48. The van der Waals surface area contributed by atoms with Crippen molar-refractivity contribution >= 4 is 38.3 Å². The lowest BCUT2D eigenvalue weighted by Crippen LogP contribution is -2.16. The molecule has 0 radical (unpaired) electrons. The molecule has 1 aromatic heterocycles. The van der Waals surface area contributed by atoms with Crippen molar-refractivity contribution in [2.75, 3.05) is 0 Å². The van der Waals surface area contributed by atoms with Crippen LogP contribution in [0, 0.1) is 11.6 Å². The van der Waals surface area contributed by atoms with Crippen molar-refractivity contribution < 1.29 is 22.0 Å². The highest BCUT2D eigenvalue weighted by Gasteiger charge is 2.24. The van der Waals surface area contributed by atoms with Gasteiger partial charge in [-0.1, -0.05) is 41.9 Å². The Morgan fingerprint density at radius 3 is 2.47 bits per heavy atom. The molecule has 0 atom stereocenters. The normalized spacial score (nSPS) is 11.7. The predicted molar refractivity (Wildman–Crippen MR) is 108 cm³/mol. The van der Waals surface area contributed by atoms with E-state index in [2.05, 4.69) is 5.10 Å². The fourth-order valence-electron chi connectivity index (χ4n) is 3.13. The summed E-state index contributed by atoms with van der Waals surface area (Å²) in [6, 6.07) is 13.6. The van der Waals surface area contributed by atoms with Crippen molar-refractivity contribution in [3.63, 3.8) is 0 Å². The zero-order valence-corrected chi connectivity index (χ0v) is 16.8. The average molecular weight is 447 g/mol. The number of hydrogen-bond donors (Lipinski definition) is 0. The maximum atomic E-state index is 14.1. The number of rotatable bonds is 5. The molecule has 0 saturated heterocycles. The number of carbonyl (C=O) groups is 1. The van der Waals surface area contributed by atoms with Gasteiger partial charge in [-0.3, -0.25) is 4.79 Å². The van der Waals surface area contributed by atoms with Gasteiger partial charge in [-0.05, 0) is 35.9 Å². The summed E-state index contributed by atoms with van der Waals surface area (Å²) in [7, 11) is -4.30. The van der Waals surface area contributed by atoms with Gasteiger partial charge in [-0.2, -0.15) is 17.6 Å². The van der Waals surface area contributed by atoms with Gasteiger partial charge in [0.2, 0.25) is 0 Å². The van der Waals surface area contributed by atoms with Gasteiger partial charge in [-0.15, -0.1) is 0 Å². The molecule has 0 aliphatic heterocycles. The van der Waals surface area contributed by atoms with Crippen molar-refractivity contribution in [3.8, 4) is 0 Å². The molecule has 1 heterocycles. The Balaban J connectivity index is 1.76. The number of ketones is 1. The van der Waals surface area contributed by atoms with Gasteiger partial charge in [0.15, 0.2) is 5.78 Å². The fourth-order valence-corrected chi connectivity index (χ4v) is 4.74. The summed E-state index contributed by atoms with van der Waals surface area (Å²) in [6.45, 7) is 0. The molecule has 0 bridgehead atoms. The lowest BCUT2D eigenvalue weighted by atomic mass is 10.0. The van der Waals surface area contributed by atoms with Crippen molar-refractivity contribution in [3.05, 3.63) is 94.6 Å². The molecule has 0 spiro atoms. The number of halogens is 3. The molecule has 0 unspecified atom stereocenters. The predicted octanol–water partition coefficient (Wildman–Crippen LogP) is 4.63. The summed E-state index contributed by atoms with van der Waals surface area (Å²) in [5.41, 5.74) is 0.368.